The molecule has 0 amide bonds. The average Bonchev–Trinajstić information content (AvgIpc) is 2.35. The first-order valence-corrected chi connectivity index (χ1v) is 6.76. The second-order valence-corrected chi connectivity index (χ2v) is 5.52. The van der Waals surface area contributed by atoms with Crippen molar-refractivity contribution in [2.45, 2.75) is 0 Å². The first kappa shape index (κ1) is 12.4. The molecule has 0 bridgehead atoms. The molecule has 0 fully saturated rings. The van der Waals surface area contributed by atoms with Gasteiger partial charge in [0.05, 0.1) is 10.0 Å². The fourth-order valence-electron chi connectivity index (χ4n) is 2.13. The van der Waals surface area contributed by atoms with E-state index in [0.717, 1.165) is 21.5 Å². The summed E-state index contributed by atoms with van der Waals surface area (Å²) in [6.07, 6.45) is 0. The van der Waals surface area contributed by atoms with Crippen molar-refractivity contribution < 1.29 is 0 Å². The molecule has 0 aliphatic heterocycles. The minimum Gasteiger partial charge on any atom is -0.0836 e. The number of hydrogen-bond acceptors (Lipinski definition) is 0. The number of benzene rings is 3. The zero-order valence-corrected chi connectivity index (χ0v) is 12.0. The van der Waals surface area contributed by atoms with Crippen molar-refractivity contribution in [3.05, 3.63) is 56.5 Å². The fraction of sp³-hybridized carbons (Fsp3) is 0. The van der Waals surface area contributed by atoms with Gasteiger partial charge in [-0.2, -0.15) is 0 Å². The lowest BCUT2D eigenvalue weighted by Crippen LogP contribution is -1.84. The average molecular weight is 316 g/mol. The van der Waals surface area contributed by atoms with Gasteiger partial charge in [0, 0.05) is 31.6 Å². The Hall–Kier alpha value is -0.660. The molecule has 0 heterocycles. The Morgan fingerprint density at radius 2 is 0.944 bits per heavy atom. The van der Waals surface area contributed by atoms with E-state index in [1.54, 1.807) is 12.1 Å². The molecule has 90 valence electrons. The molecule has 4 heteroatoms. The SMILES string of the molecule is Clc1cccc2c(Cl)c3c(Cl)cccc3c(Cl)c12. The van der Waals surface area contributed by atoms with E-state index < -0.39 is 0 Å². The summed E-state index contributed by atoms with van der Waals surface area (Å²) < 4.78 is 0. The number of halogens is 4. The van der Waals surface area contributed by atoms with Crippen molar-refractivity contribution in [1.29, 1.82) is 0 Å². The van der Waals surface area contributed by atoms with E-state index in [1.807, 2.05) is 24.3 Å². The second kappa shape index (κ2) is 4.47. The van der Waals surface area contributed by atoms with Crippen LogP contribution in [-0.4, -0.2) is 0 Å². The van der Waals surface area contributed by atoms with Crippen molar-refractivity contribution in [3.8, 4) is 0 Å². The summed E-state index contributed by atoms with van der Waals surface area (Å²) in [6, 6.07) is 11.0. The van der Waals surface area contributed by atoms with Crippen LogP contribution in [0.5, 0.6) is 0 Å². The lowest BCUT2D eigenvalue weighted by molar-refractivity contribution is 1.76. The van der Waals surface area contributed by atoms with Crippen LogP contribution in [0.1, 0.15) is 0 Å². The second-order valence-electron chi connectivity index (χ2n) is 3.95. The molecule has 0 aliphatic rings. The maximum atomic E-state index is 6.42. The molecule has 0 aliphatic carbocycles. The van der Waals surface area contributed by atoms with Crippen LogP contribution < -0.4 is 0 Å². The van der Waals surface area contributed by atoms with Crippen LogP contribution in [0.15, 0.2) is 36.4 Å². The largest absolute Gasteiger partial charge is 0.0836 e. The van der Waals surface area contributed by atoms with Gasteiger partial charge in [-0.3, -0.25) is 0 Å². The zero-order chi connectivity index (χ0) is 12.9. The Kier molecular flexibility index (Phi) is 3.07. The predicted octanol–water partition coefficient (Wildman–Crippen LogP) is 6.61. The van der Waals surface area contributed by atoms with Crippen LogP contribution in [0.3, 0.4) is 0 Å². The molecule has 0 radical (unpaired) electrons. The highest BCUT2D eigenvalue weighted by molar-refractivity contribution is 6.52. The third kappa shape index (κ3) is 1.68. The number of hydrogen-bond donors (Lipinski definition) is 0. The van der Waals surface area contributed by atoms with Crippen LogP contribution in [0, 0.1) is 0 Å². The van der Waals surface area contributed by atoms with E-state index in [-0.39, 0.29) is 0 Å². The molecular formula is C14H6Cl4. The van der Waals surface area contributed by atoms with Gasteiger partial charge < -0.3 is 0 Å². The van der Waals surface area contributed by atoms with Gasteiger partial charge in [-0.1, -0.05) is 70.7 Å². The molecule has 3 rings (SSSR count). The molecule has 3 aromatic carbocycles. The zero-order valence-electron chi connectivity index (χ0n) is 8.98. The number of fused-ring (bicyclic) bond motifs is 2. The van der Waals surface area contributed by atoms with Crippen LogP contribution in [0.2, 0.25) is 20.1 Å². The third-order valence-corrected chi connectivity index (χ3v) is 4.35. The maximum Gasteiger partial charge on any atom is 0.0579 e. The molecule has 0 aromatic heterocycles. The predicted molar refractivity (Wildman–Crippen MR) is 81.5 cm³/mol. The van der Waals surface area contributed by atoms with Gasteiger partial charge in [-0.15, -0.1) is 0 Å². The first-order valence-electron chi connectivity index (χ1n) is 5.24. The Labute approximate surface area is 124 Å². The van der Waals surface area contributed by atoms with Crippen LogP contribution in [-0.2, 0) is 0 Å². The molecule has 0 unspecified atom stereocenters. The Balaban J connectivity index is 2.70. The highest BCUT2D eigenvalue weighted by Gasteiger charge is 2.15. The lowest BCUT2D eigenvalue weighted by atomic mass is 10.0. The van der Waals surface area contributed by atoms with Gasteiger partial charge >= 0.3 is 0 Å². The van der Waals surface area contributed by atoms with E-state index in [0.29, 0.717) is 20.1 Å². The van der Waals surface area contributed by atoms with Gasteiger partial charge in [-0.05, 0) is 12.1 Å². The summed E-state index contributed by atoms with van der Waals surface area (Å²) in [5.41, 5.74) is 0. The third-order valence-electron chi connectivity index (χ3n) is 2.94. The summed E-state index contributed by atoms with van der Waals surface area (Å²) in [6.45, 7) is 0. The number of rotatable bonds is 0. The molecule has 0 nitrogen and oxygen atoms in total. The summed E-state index contributed by atoms with van der Waals surface area (Å²) >= 11 is 25.2. The minimum absolute atomic E-state index is 0.581. The van der Waals surface area contributed by atoms with Crippen molar-refractivity contribution in [2.24, 2.45) is 0 Å². The Morgan fingerprint density at radius 1 is 0.556 bits per heavy atom. The van der Waals surface area contributed by atoms with Crippen molar-refractivity contribution in [2.75, 3.05) is 0 Å². The van der Waals surface area contributed by atoms with Gasteiger partial charge in [0.25, 0.3) is 0 Å². The van der Waals surface area contributed by atoms with Crippen LogP contribution in [0.25, 0.3) is 21.5 Å². The molecule has 0 saturated heterocycles. The summed E-state index contributed by atoms with van der Waals surface area (Å²) in [5, 5.41) is 5.49. The van der Waals surface area contributed by atoms with E-state index in [1.165, 1.54) is 0 Å². The van der Waals surface area contributed by atoms with Gasteiger partial charge in [0.1, 0.15) is 0 Å². The van der Waals surface area contributed by atoms with Crippen LogP contribution >= 0.6 is 46.4 Å². The standard InChI is InChI=1S/C14H6Cl4/c15-9-5-1-3-7-11(9)14(18)8-4-2-6-10(16)12(8)13(7)17/h1-6H. The molecular weight excluding hydrogens is 310 g/mol. The highest BCUT2D eigenvalue weighted by Crippen LogP contribution is 2.43. The van der Waals surface area contributed by atoms with Gasteiger partial charge in [0.2, 0.25) is 0 Å². The minimum atomic E-state index is 0.581. The van der Waals surface area contributed by atoms with E-state index in [9.17, 15) is 0 Å². The van der Waals surface area contributed by atoms with Crippen molar-refractivity contribution >= 4 is 67.9 Å². The lowest BCUT2D eigenvalue weighted by Gasteiger charge is -2.11. The normalized spacial score (nSPS) is 11.3. The van der Waals surface area contributed by atoms with E-state index >= 15 is 0 Å². The molecule has 0 saturated carbocycles. The van der Waals surface area contributed by atoms with Crippen molar-refractivity contribution in [3.63, 3.8) is 0 Å². The highest BCUT2D eigenvalue weighted by atomic mass is 35.5. The fourth-order valence-corrected chi connectivity index (χ4v) is 3.49. The molecule has 3 aromatic rings. The quantitative estimate of drug-likeness (QED) is 0.410. The van der Waals surface area contributed by atoms with Crippen LogP contribution in [0.4, 0.5) is 0 Å². The Bertz CT molecular complexity index is 710. The monoisotopic (exact) mass is 314 g/mol. The summed E-state index contributed by atoms with van der Waals surface area (Å²) in [4.78, 5) is 0. The topological polar surface area (TPSA) is 0 Å². The maximum absolute atomic E-state index is 6.42. The molecule has 0 N–H and O–H groups in total. The molecule has 0 atom stereocenters. The molecule has 0 spiro atoms. The summed E-state index contributed by atoms with van der Waals surface area (Å²) in [5.74, 6) is 0. The van der Waals surface area contributed by atoms with Gasteiger partial charge in [-0.25, -0.2) is 0 Å². The van der Waals surface area contributed by atoms with Gasteiger partial charge in [0.15, 0.2) is 0 Å². The van der Waals surface area contributed by atoms with Crippen molar-refractivity contribution in [1.82, 2.24) is 0 Å². The van der Waals surface area contributed by atoms with E-state index in [4.69, 9.17) is 46.4 Å². The Morgan fingerprint density at radius 3 is 1.33 bits per heavy atom. The summed E-state index contributed by atoms with van der Waals surface area (Å²) in [7, 11) is 0. The van der Waals surface area contributed by atoms with E-state index in [2.05, 4.69) is 0 Å². The smallest absolute Gasteiger partial charge is 0.0579 e. The molecule has 18 heavy (non-hydrogen) atoms. The first-order chi connectivity index (χ1) is 8.61.